The predicted molar refractivity (Wildman–Crippen MR) is 84.4 cm³/mol. The van der Waals surface area contributed by atoms with Gasteiger partial charge in [0.1, 0.15) is 6.61 Å². The molecule has 0 N–H and O–H groups in total. The number of likely N-dealkylation sites (N-methyl/N-ethyl adjacent to an activating group) is 1. The molecule has 4 nitrogen and oxygen atoms in total. The minimum absolute atomic E-state index is 0.200. The van der Waals surface area contributed by atoms with Crippen molar-refractivity contribution >= 4 is 5.97 Å². The SMILES string of the molecule is CCN(CC)CCOCCOC(=O)[C@H](C)c1ccccc1. The fourth-order valence-electron chi connectivity index (χ4n) is 2.04. The Morgan fingerprint density at radius 2 is 1.76 bits per heavy atom. The molecule has 0 spiro atoms. The molecule has 0 fully saturated rings. The van der Waals surface area contributed by atoms with Crippen LogP contribution in [0.1, 0.15) is 32.3 Å². The van der Waals surface area contributed by atoms with Gasteiger partial charge in [0, 0.05) is 6.54 Å². The van der Waals surface area contributed by atoms with Crippen LogP contribution in [0.15, 0.2) is 30.3 Å². The molecule has 1 aromatic carbocycles. The minimum atomic E-state index is -0.234. The highest BCUT2D eigenvalue weighted by Gasteiger charge is 2.15. The van der Waals surface area contributed by atoms with E-state index in [4.69, 9.17) is 9.47 Å². The molecule has 1 aromatic rings. The molecule has 1 rings (SSSR count). The summed E-state index contributed by atoms with van der Waals surface area (Å²) in [6.07, 6.45) is 0. The second kappa shape index (κ2) is 10.4. The Labute approximate surface area is 128 Å². The monoisotopic (exact) mass is 293 g/mol. The first-order chi connectivity index (χ1) is 10.2. The van der Waals surface area contributed by atoms with Gasteiger partial charge in [0.15, 0.2) is 0 Å². The fourth-order valence-corrected chi connectivity index (χ4v) is 2.04. The standard InChI is InChI=1S/C17H27NO3/c1-4-18(5-2)11-12-20-13-14-21-17(19)15(3)16-9-7-6-8-10-16/h6-10,15H,4-5,11-14H2,1-3H3/t15-/m1/s1. The topological polar surface area (TPSA) is 38.8 Å². The zero-order chi connectivity index (χ0) is 15.5. The second-order valence-electron chi connectivity index (χ2n) is 4.94. The first kappa shape index (κ1) is 17.7. The Kier molecular flexibility index (Phi) is 8.71. The average molecular weight is 293 g/mol. The molecule has 1 atom stereocenters. The average Bonchev–Trinajstić information content (AvgIpc) is 2.54. The number of carbonyl (C=O) groups is 1. The van der Waals surface area contributed by atoms with Gasteiger partial charge in [-0.1, -0.05) is 44.2 Å². The molecule has 21 heavy (non-hydrogen) atoms. The van der Waals surface area contributed by atoms with E-state index in [2.05, 4.69) is 18.7 Å². The summed E-state index contributed by atoms with van der Waals surface area (Å²) in [5, 5.41) is 0. The summed E-state index contributed by atoms with van der Waals surface area (Å²) in [7, 11) is 0. The molecule has 0 amide bonds. The number of carbonyl (C=O) groups excluding carboxylic acids is 1. The van der Waals surface area contributed by atoms with Crippen molar-refractivity contribution in [3.05, 3.63) is 35.9 Å². The smallest absolute Gasteiger partial charge is 0.313 e. The minimum Gasteiger partial charge on any atom is -0.463 e. The summed E-state index contributed by atoms with van der Waals surface area (Å²) < 4.78 is 10.7. The van der Waals surface area contributed by atoms with Gasteiger partial charge in [-0.25, -0.2) is 0 Å². The molecule has 0 radical (unpaired) electrons. The van der Waals surface area contributed by atoms with Gasteiger partial charge in [0.2, 0.25) is 0 Å². The largest absolute Gasteiger partial charge is 0.463 e. The van der Waals surface area contributed by atoms with Gasteiger partial charge in [-0.05, 0) is 25.6 Å². The van der Waals surface area contributed by atoms with Crippen molar-refractivity contribution in [2.75, 3.05) is 39.5 Å². The van der Waals surface area contributed by atoms with E-state index >= 15 is 0 Å². The highest BCUT2D eigenvalue weighted by atomic mass is 16.6. The van der Waals surface area contributed by atoms with Crippen LogP contribution in [0.5, 0.6) is 0 Å². The zero-order valence-electron chi connectivity index (χ0n) is 13.4. The highest BCUT2D eigenvalue weighted by Crippen LogP contribution is 2.15. The van der Waals surface area contributed by atoms with Crippen molar-refractivity contribution in [1.29, 1.82) is 0 Å². The van der Waals surface area contributed by atoms with Gasteiger partial charge < -0.3 is 14.4 Å². The first-order valence-electron chi connectivity index (χ1n) is 7.70. The van der Waals surface area contributed by atoms with E-state index < -0.39 is 0 Å². The van der Waals surface area contributed by atoms with E-state index in [0.717, 1.165) is 25.2 Å². The van der Waals surface area contributed by atoms with Crippen molar-refractivity contribution in [1.82, 2.24) is 4.90 Å². The van der Waals surface area contributed by atoms with E-state index in [0.29, 0.717) is 19.8 Å². The van der Waals surface area contributed by atoms with E-state index in [9.17, 15) is 4.79 Å². The maximum absolute atomic E-state index is 11.9. The Hall–Kier alpha value is -1.39. The lowest BCUT2D eigenvalue weighted by molar-refractivity contribution is -0.146. The maximum Gasteiger partial charge on any atom is 0.313 e. The molecular weight excluding hydrogens is 266 g/mol. The summed E-state index contributed by atoms with van der Waals surface area (Å²) >= 11 is 0. The number of hydrogen-bond donors (Lipinski definition) is 0. The quantitative estimate of drug-likeness (QED) is 0.491. The zero-order valence-corrected chi connectivity index (χ0v) is 13.4. The molecule has 0 heterocycles. The van der Waals surface area contributed by atoms with Crippen LogP contribution in [0.2, 0.25) is 0 Å². The summed E-state index contributed by atoms with van der Waals surface area (Å²) in [5.74, 6) is -0.435. The number of esters is 1. The van der Waals surface area contributed by atoms with Crippen molar-refractivity contribution in [3.8, 4) is 0 Å². The van der Waals surface area contributed by atoms with Gasteiger partial charge in [-0.3, -0.25) is 4.79 Å². The fraction of sp³-hybridized carbons (Fsp3) is 0.588. The Bertz CT molecular complexity index is 390. The molecule has 0 aliphatic heterocycles. The number of nitrogens with zero attached hydrogens (tertiary/aromatic N) is 1. The molecule has 0 unspecified atom stereocenters. The van der Waals surface area contributed by atoms with E-state index in [1.54, 1.807) is 0 Å². The molecule has 0 saturated heterocycles. The van der Waals surface area contributed by atoms with Crippen LogP contribution in [0.25, 0.3) is 0 Å². The second-order valence-corrected chi connectivity index (χ2v) is 4.94. The molecule has 0 aliphatic rings. The third kappa shape index (κ3) is 6.74. The number of benzene rings is 1. The number of ether oxygens (including phenoxy) is 2. The number of rotatable bonds is 10. The normalized spacial score (nSPS) is 12.4. The van der Waals surface area contributed by atoms with Gasteiger partial charge in [0.25, 0.3) is 0 Å². The third-order valence-corrected chi connectivity index (χ3v) is 3.57. The lowest BCUT2D eigenvalue weighted by atomic mass is 10.0. The van der Waals surface area contributed by atoms with E-state index in [1.165, 1.54) is 0 Å². The Morgan fingerprint density at radius 3 is 2.38 bits per heavy atom. The van der Waals surface area contributed by atoms with Crippen LogP contribution in [0.4, 0.5) is 0 Å². The van der Waals surface area contributed by atoms with Gasteiger partial charge in [-0.15, -0.1) is 0 Å². The molecule has 0 aliphatic carbocycles. The van der Waals surface area contributed by atoms with Crippen molar-refractivity contribution in [3.63, 3.8) is 0 Å². The lowest BCUT2D eigenvalue weighted by Gasteiger charge is -2.17. The summed E-state index contributed by atoms with van der Waals surface area (Å²) in [5.41, 5.74) is 0.977. The van der Waals surface area contributed by atoms with E-state index in [1.807, 2.05) is 37.3 Å². The lowest BCUT2D eigenvalue weighted by Crippen LogP contribution is -2.27. The molecule has 0 bridgehead atoms. The van der Waals surface area contributed by atoms with Crippen LogP contribution in [-0.2, 0) is 14.3 Å². The molecule has 4 heteroatoms. The highest BCUT2D eigenvalue weighted by molar-refractivity contribution is 5.77. The van der Waals surface area contributed by atoms with Crippen molar-refractivity contribution in [2.45, 2.75) is 26.7 Å². The van der Waals surface area contributed by atoms with Crippen molar-refractivity contribution < 1.29 is 14.3 Å². The van der Waals surface area contributed by atoms with Crippen LogP contribution in [0.3, 0.4) is 0 Å². The maximum atomic E-state index is 11.9. The van der Waals surface area contributed by atoms with Crippen LogP contribution < -0.4 is 0 Å². The predicted octanol–water partition coefficient (Wildman–Crippen LogP) is 2.69. The summed E-state index contributed by atoms with van der Waals surface area (Å²) in [6, 6.07) is 9.66. The Morgan fingerprint density at radius 1 is 1.10 bits per heavy atom. The number of hydrogen-bond acceptors (Lipinski definition) is 4. The molecule has 0 aromatic heterocycles. The molecule has 0 saturated carbocycles. The van der Waals surface area contributed by atoms with Gasteiger partial charge in [-0.2, -0.15) is 0 Å². The van der Waals surface area contributed by atoms with Crippen molar-refractivity contribution in [2.24, 2.45) is 0 Å². The Balaban J connectivity index is 2.14. The van der Waals surface area contributed by atoms with Gasteiger partial charge in [0.05, 0.1) is 19.1 Å². The molecule has 118 valence electrons. The van der Waals surface area contributed by atoms with Crippen LogP contribution in [-0.4, -0.2) is 50.3 Å². The first-order valence-corrected chi connectivity index (χ1v) is 7.70. The summed E-state index contributed by atoms with van der Waals surface area (Å²) in [6.45, 7) is 10.6. The summed E-state index contributed by atoms with van der Waals surface area (Å²) in [4.78, 5) is 14.2. The van der Waals surface area contributed by atoms with Crippen LogP contribution in [0, 0.1) is 0 Å². The van der Waals surface area contributed by atoms with E-state index in [-0.39, 0.29) is 11.9 Å². The molecular formula is C17H27NO3. The third-order valence-electron chi connectivity index (χ3n) is 3.57. The van der Waals surface area contributed by atoms with Crippen LogP contribution >= 0.6 is 0 Å². The van der Waals surface area contributed by atoms with Gasteiger partial charge >= 0.3 is 5.97 Å².